The summed E-state index contributed by atoms with van der Waals surface area (Å²) in [7, 11) is 5.32. The van der Waals surface area contributed by atoms with E-state index in [2.05, 4.69) is 24.0 Å². The number of methoxy groups -OCH3 is 2. The Morgan fingerprint density at radius 2 is 1.83 bits per heavy atom. The largest absolute Gasteiger partial charge is 0.497 e. The summed E-state index contributed by atoms with van der Waals surface area (Å²) in [4.78, 5) is 0. The summed E-state index contributed by atoms with van der Waals surface area (Å²) in [5, 5.41) is 3.33. The van der Waals surface area contributed by atoms with E-state index in [1.54, 1.807) is 14.2 Å². The number of rotatable bonds is 8. The average molecular weight is 249 g/mol. The van der Waals surface area contributed by atoms with E-state index in [4.69, 9.17) is 9.47 Å². The van der Waals surface area contributed by atoms with Crippen molar-refractivity contribution in [1.82, 2.24) is 5.32 Å². The molecular formula is C15H23NO2. The number of benzene rings is 1. The van der Waals surface area contributed by atoms with Crippen molar-refractivity contribution in [2.24, 2.45) is 0 Å². The standard InChI is InChI=1S/C15H23NO2/c1-5-6-7-8-15(16-2)12-9-13(17-3)11-14(10-12)18-4/h5,9-11,15-16H,1,6-8H2,2-4H3. The van der Waals surface area contributed by atoms with Crippen LogP contribution < -0.4 is 14.8 Å². The molecular weight excluding hydrogens is 226 g/mol. The highest BCUT2D eigenvalue weighted by molar-refractivity contribution is 5.39. The fraction of sp³-hybridized carbons (Fsp3) is 0.467. The molecule has 0 aliphatic carbocycles. The predicted molar refractivity (Wildman–Crippen MR) is 75.4 cm³/mol. The molecule has 0 saturated carbocycles. The Morgan fingerprint density at radius 3 is 2.28 bits per heavy atom. The summed E-state index contributed by atoms with van der Waals surface area (Å²) in [5.41, 5.74) is 1.19. The maximum absolute atomic E-state index is 5.29. The van der Waals surface area contributed by atoms with Crippen LogP contribution in [0.15, 0.2) is 30.9 Å². The van der Waals surface area contributed by atoms with Crippen LogP contribution in [0, 0.1) is 0 Å². The molecule has 1 N–H and O–H groups in total. The molecule has 0 aliphatic heterocycles. The van der Waals surface area contributed by atoms with Crippen LogP contribution in [0.5, 0.6) is 11.5 Å². The molecule has 1 aromatic carbocycles. The topological polar surface area (TPSA) is 30.5 Å². The summed E-state index contributed by atoms with van der Waals surface area (Å²) in [6.07, 6.45) is 5.19. The van der Waals surface area contributed by atoms with Crippen LogP contribution in [0.1, 0.15) is 30.9 Å². The van der Waals surface area contributed by atoms with E-state index in [9.17, 15) is 0 Å². The monoisotopic (exact) mass is 249 g/mol. The number of hydrogen-bond donors (Lipinski definition) is 1. The van der Waals surface area contributed by atoms with Crippen LogP contribution >= 0.6 is 0 Å². The van der Waals surface area contributed by atoms with Crippen molar-refractivity contribution in [2.45, 2.75) is 25.3 Å². The molecule has 1 unspecified atom stereocenters. The van der Waals surface area contributed by atoms with Gasteiger partial charge < -0.3 is 14.8 Å². The second-order valence-corrected chi connectivity index (χ2v) is 4.21. The van der Waals surface area contributed by atoms with Gasteiger partial charge in [-0.15, -0.1) is 6.58 Å². The maximum atomic E-state index is 5.29. The third kappa shape index (κ3) is 4.08. The first-order chi connectivity index (χ1) is 8.74. The second kappa shape index (κ2) is 7.77. The lowest BCUT2D eigenvalue weighted by molar-refractivity contribution is 0.391. The highest BCUT2D eigenvalue weighted by atomic mass is 16.5. The van der Waals surface area contributed by atoms with Crippen LogP contribution in [0.3, 0.4) is 0 Å². The Hall–Kier alpha value is -1.48. The maximum Gasteiger partial charge on any atom is 0.122 e. The average Bonchev–Trinajstić information content (AvgIpc) is 2.43. The van der Waals surface area contributed by atoms with Gasteiger partial charge in [-0.25, -0.2) is 0 Å². The van der Waals surface area contributed by atoms with Crippen LogP contribution in [-0.4, -0.2) is 21.3 Å². The molecule has 0 bridgehead atoms. The van der Waals surface area contributed by atoms with Crippen molar-refractivity contribution in [3.05, 3.63) is 36.4 Å². The summed E-state index contributed by atoms with van der Waals surface area (Å²) in [6, 6.07) is 6.31. The van der Waals surface area contributed by atoms with Gasteiger partial charge in [0.15, 0.2) is 0 Å². The first-order valence-electron chi connectivity index (χ1n) is 6.26. The molecule has 0 fully saturated rings. The zero-order valence-corrected chi connectivity index (χ0v) is 11.5. The highest BCUT2D eigenvalue weighted by Crippen LogP contribution is 2.28. The second-order valence-electron chi connectivity index (χ2n) is 4.21. The van der Waals surface area contributed by atoms with Crippen LogP contribution in [-0.2, 0) is 0 Å². The minimum atomic E-state index is 0.314. The van der Waals surface area contributed by atoms with Gasteiger partial charge in [-0.3, -0.25) is 0 Å². The lowest BCUT2D eigenvalue weighted by atomic mass is 10.0. The number of nitrogens with one attached hydrogen (secondary N) is 1. The first-order valence-corrected chi connectivity index (χ1v) is 6.26. The first kappa shape index (κ1) is 14.6. The fourth-order valence-electron chi connectivity index (χ4n) is 1.97. The van der Waals surface area contributed by atoms with E-state index in [1.165, 1.54) is 5.56 Å². The predicted octanol–water partition coefficient (Wildman–Crippen LogP) is 3.32. The van der Waals surface area contributed by atoms with Gasteiger partial charge in [-0.05, 0) is 44.0 Å². The molecule has 0 amide bonds. The quantitative estimate of drug-likeness (QED) is 0.566. The zero-order valence-electron chi connectivity index (χ0n) is 11.5. The van der Waals surface area contributed by atoms with Crippen LogP contribution in [0.25, 0.3) is 0 Å². The van der Waals surface area contributed by atoms with Crippen LogP contribution in [0.2, 0.25) is 0 Å². The Bertz CT molecular complexity index is 355. The lowest BCUT2D eigenvalue weighted by Gasteiger charge is -2.18. The Labute approximate surface area is 110 Å². The molecule has 1 atom stereocenters. The van der Waals surface area contributed by atoms with E-state index in [-0.39, 0.29) is 0 Å². The molecule has 100 valence electrons. The van der Waals surface area contributed by atoms with Gasteiger partial charge in [0.1, 0.15) is 11.5 Å². The molecule has 3 heteroatoms. The molecule has 0 saturated heterocycles. The molecule has 0 heterocycles. The van der Waals surface area contributed by atoms with E-state index in [1.807, 2.05) is 19.2 Å². The summed E-state index contributed by atoms with van der Waals surface area (Å²) in [5.74, 6) is 1.65. The number of allylic oxidation sites excluding steroid dienone is 1. The normalized spacial score (nSPS) is 11.9. The van der Waals surface area contributed by atoms with Gasteiger partial charge in [0.2, 0.25) is 0 Å². The van der Waals surface area contributed by atoms with Crippen molar-refractivity contribution in [2.75, 3.05) is 21.3 Å². The summed E-state index contributed by atoms with van der Waals surface area (Å²) in [6.45, 7) is 3.75. The smallest absolute Gasteiger partial charge is 0.122 e. The van der Waals surface area contributed by atoms with E-state index in [0.717, 1.165) is 30.8 Å². The number of unbranched alkanes of at least 4 members (excludes halogenated alkanes) is 1. The summed E-state index contributed by atoms with van der Waals surface area (Å²) >= 11 is 0. The molecule has 1 aromatic rings. The Kier molecular flexibility index (Phi) is 6.29. The summed E-state index contributed by atoms with van der Waals surface area (Å²) < 4.78 is 10.6. The van der Waals surface area contributed by atoms with Gasteiger partial charge in [0, 0.05) is 12.1 Å². The van der Waals surface area contributed by atoms with Gasteiger partial charge in [0.05, 0.1) is 14.2 Å². The Balaban J connectivity index is 2.86. The van der Waals surface area contributed by atoms with E-state index >= 15 is 0 Å². The SMILES string of the molecule is C=CCCCC(NC)c1cc(OC)cc(OC)c1. The third-order valence-corrected chi connectivity index (χ3v) is 3.03. The molecule has 18 heavy (non-hydrogen) atoms. The van der Waals surface area contributed by atoms with Gasteiger partial charge in [-0.1, -0.05) is 6.08 Å². The number of ether oxygens (including phenoxy) is 2. The third-order valence-electron chi connectivity index (χ3n) is 3.03. The molecule has 0 aromatic heterocycles. The van der Waals surface area contributed by atoms with Crippen molar-refractivity contribution in [3.8, 4) is 11.5 Å². The Morgan fingerprint density at radius 1 is 1.22 bits per heavy atom. The van der Waals surface area contributed by atoms with E-state index in [0.29, 0.717) is 6.04 Å². The van der Waals surface area contributed by atoms with E-state index < -0.39 is 0 Å². The molecule has 0 aliphatic rings. The van der Waals surface area contributed by atoms with Crippen molar-refractivity contribution in [3.63, 3.8) is 0 Å². The molecule has 1 rings (SSSR count). The minimum absolute atomic E-state index is 0.314. The van der Waals surface area contributed by atoms with Crippen molar-refractivity contribution >= 4 is 0 Å². The number of hydrogen-bond acceptors (Lipinski definition) is 3. The zero-order chi connectivity index (χ0) is 13.4. The fourth-order valence-corrected chi connectivity index (χ4v) is 1.97. The van der Waals surface area contributed by atoms with Crippen LogP contribution in [0.4, 0.5) is 0 Å². The molecule has 0 spiro atoms. The van der Waals surface area contributed by atoms with Gasteiger partial charge in [-0.2, -0.15) is 0 Å². The molecule has 3 nitrogen and oxygen atoms in total. The van der Waals surface area contributed by atoms with Crippen molar-refractivity contribution < 1.29 is 9.47 Å². The lowest BCUT2D eigenvalue weighted by Crippen LogP contribution is -2.16. The van der Waals surface area contributed by atoms with Gasteiger partial charge >= 0.3 is 0 Å². The molecule has 0 radical (unpaired) electrons. The highest BCUT2D eigenvalue weighted by Gasteiger charge is 2.11. The van der Waals surface area contributed by atoms with Crippen molar-refractivity contribution in [1.29, 1.82) is 0 Å². The van der Waals surface area contributed by atoms with Gasteiger partial charge in [0.25, 0.3) is 0 Å². The minimum Gasteiger partial charge on any atom is -0.497 e.